The zero-order valence-corrected chi connectivity index (χ0v) is 21.1. The molecule has 0 aliphatic carbocycles. The standard InChI is InChI=1S/C29H32N2O4/c1-17(2)26(31-27(32)18-11-13-19(14-12-18)29(3,4)5)28(33)30-22-16-24-21(15-25(22)34-6)20-9-7-8-10-23(20)35-24/h7-17,26H,1-6H3,(H,30,33)(H,31,32)/t26-/m0/s1. The second-order valence-corrected chi connectivity index (χ2v) is 10.2. The number of ether oxygens (including phenoxy) is 1. The van der Waals surface area contributed by atoms with Gasteiger partial charge < -0.3 is 19.8 Å². The van der Waals surface area contributed by atoms with E-state index in [-0.39, 0.29) is 23.1 Å². The Balaban J connectivity index is 1.56. The molecule has 182 valence electrons. The molecule has 4 aromatic rings. The minimum atomic E-state index is -0.735. The van der Waals surface area contributed by atoms with Crippen LogP contribution in [0.3, 0.4) is 0 Å². The Labute approximate surface area is 205 Å². The van der Waals surface area contributed by atoms with E-state index in [2.05, 4.69) is 31.4 Å². The summed E-state index contributed by atoms with van der Waals surface area (Å²) in [7, 11) is 1.56. The van der Waals surface area contributed by atoms with E-state index in [1.807, 2.05) is 56.3 Å². The molecular weight excluding hydrogens is 440 g/mol. The molecule has 2 N–H and O–H groups in total. The molecule has 6 nitrogen and oxygen atoms in total. The van der Waals surface area contributed by atoms with Crippen LogP contribution in [-0.4, -0.2) is 25.0 Å². The van der Waals surface area contributed by atoms with Crippen molar-refractivity contribution in [2.75, 3.05) is 12.4 Å². The van der Waals surface area contributed by atoms with Crippen molar-refractivity contribution in [3.05, 3.63) is 71.8 Å². The van der Waals surface area contributed by atoms with Gasteiger partial charge in [0, 0.05) is 22.4 Å². The molecule has 0 unspecified atom stereocenters. The Kier molecular flexibility index (Phi) is 6.57. The summed E-state index contributed by atoms with van der Waals surface area (Å²) in [6.07, 6.45) is 0. The maximum atomic E-state index is 13.3. The van der Waals surface area contributed by atoms with E-state index in [1.54, 1.807) is 25.3 Å². The van der Waals surface area contributed by atoms with Crippen LogP contribution in [0.15, 0.2) is 65.1 Å². The number of carbonyl (C=O) groups excluding carboxylic acids is 2. The summed E-state index contributed by atoms with van der Waals surface area (Å²) in [6.45, 7) is 10.2. The van der Waals surface area contributed by atoms with Gasteiger partial charge in [-0.05, 0) is 41.2 Å². The second kappa shape index (κ2) is 9.45. The number of carbonyl (C=O) groups is 2. The molecule has 35 heavy (non-hydrogen) atoms. The number of para-hydroxylation sites is 1. The van der Waals surface area contributed by atoms with E-state index >= 15 is 0 Å². The molecule has 0 aliphatic heterocycles. The number of hydrogen-bond donors (Lipinski definition) is 2. The molecule has 0 saturated carbocycles. The van der Waals surface area contributed by atoms with Crippen molar-refractivity contribution in [1.82, 2.24) is 5.32 Å². The monoisotopic (exact) mass is 472 g/mol. The highest BCUT2D eigenvalue weighted by Gasteiger charge is 2.26. The second-order valence-electron chi connectivity index (χ2n) is 10.2. The minimum absolute atomic E-state index is 0.00460. The van der Waals surface area contributed by atoms with Gasteiger partial charge >= 0.3 is 0 Å². The fourth-order valence-corrected chi connectivity index (χ4v) is 4.11. The minimum Gasteiger partial charge on any atom is -0.495 e. The predicted molar refractivity (Wildman–Crippen MR) is 140 cm³/mol. The van der Waals surface area contributed by atoms with Crippen LogP contribution in [-0.2, 0) is 10.2 Å². The van der Waals surface area contributed by atoms with Crippen molar-refractivity contribution in [3.8, 4) is 5.75 Å². The third-order valence-corrected chi connectivity index (χ3v) is 6.21. The van der Waals surface area contributed by atoms with Crippen LogP contribution >= 0.6 is 0 Å². The highest BCUT2D eigenvalue weighted by molar-refractivity contribution is 6.08. The Morgan fingerprint density at radius 2 is 1.60 bits per heavy atom. The van der Waals surface area contributed by atoms with Gasteiger partial charge in [-0.2, -0.15) is 0 Å². The first-order valence-electron chi connectivity index (χ1n) is 11.8. The van der Waals surface area contributed by atoms with Crippen LogP contribution < -0.4 is 15.4 Å². The van der Waals surface area contributed by atoms with E-state index in [1.165, 1.54) is 0 Å². The number of furan rings is 1. The number of hydrogen-bond acceptors (Lipinski definition) is 4. The first-order valence-corrected chi connectivity index (χ1v) is 11.8. The number of nitrogens with one attached hydrogen (secondary N) is 2. The fraction of sp³-hybridized carbons (Fsp3) is 0.310. The number of benzene rings is 3. The van der Waals surface area contributed by atoms with E-state index in [4.69, 9.17) is 9.15 Å². The maximum absolute atomic E-state index is 13.3. The van der Waals surface area contributed by atoms with Crippen LogP contribution in [0.1, 0.15) is 50.5 Å². The van der Waals surface area contributed by atoms with Gasteiger partial charge in [-0.25, -0.2) is 0 Å². The van der Waals surface area contributed by atoms with E-state index in [0.717, 1.165) is 21.9 Å². The molecule has 1 aromatic heterocycles. The zero-order chi connectivity index (χ0) is 25.3. The van der Waals surface area contributed by atoms with Crippen molar-refractivity contribution in [3.63, 3.8) is 0 Å². The van der Waals surface area contributed by atoms with Crippen LogP contribution in [0, 0.1) is 5.92 Å². The highest BCUT2D eigenvalue weighted by atomic mass is 16.5. The number of amides is 2. The fourth-order valence-electron chi connectivity index (χ4n) is 4.11. The lowest BCUT2D eigenvalue weighted by Gasteiger charge is -2.23. The predicted octanol–water partition coefficient (Wildman–Crippen LogP) is 6.29. The SMILES string of the molecule is COc1cc2c(cc1NC(=O)[C@@H](NC(=O)c1ccc(C(C)(C)C)cc1)C(C)C)oc1ccccc12. The average Bonchev–Trinajstić information content (AvgIpc) is 3.18. The van der Waals surface area contributed by atoms with Crippen molar-refractivity contribution in [1.29, 1.82) is 0 Å². The van der Waals surface area contributed by atoms with Crippen molar-refractivity contribution in [2.24, 2.45) is 5.92 Å². The third kappa shape index (κ3) is 5.02. The number of fused-ring (bicyclic) bond motifs is 3. The number of rotatable bonds is 6. The molecule has 0 saturated heterocycles. The summed E-state index contributed by atoms with van der Waals surface area (Å²) in [5.41, 5.74) is 3.54. The van der Waals surface area contributed by atoms with E-state index < -0.39 is 6.04 Å². The van der Waals surface area contributed by atoms with Gasteiger partial charge in [-0.1, -0.05) is 65.0 Å². The van der Waals surface area contributed by atoms with Crippen LogP contribution in [0.2, 0.25) is 0 Å². The molecule has 0 aliphatic rings. The highest BCUT2D eigenvalue weighted by Crippen LogP contribution is 2.36. The lowest BCUT2D eigenvalue weighted by atomic mass is 9.86. The molecule has 1 atom stereocenters. The van der Waals surface area contributed by atoms with Gasteiger partial charge in [0.25, 0.3) is 5.91 Å². The van der Waals surface area contributed by atoms with E-state index in [9.17, 15) is 9.59 Å². The normalized spacial score (nSPS) is 12.7. The number of methoxy groups -OCH3 is 1. The molecule has 2 amide bonds. The quantitative estimate of drug-likeness (QED) is 0.346. The molecule has 4 rings (SSSR count). The third-order valence-electron chi connectivity index (χ3n) is 6.21. The topological polar surface area (TPSA) is 80.6 Å². The molecule has 0 fully saturated rings. The summed E-state index contributed by atoms with van der Waals surface area (Å²) in [5, 5.41) is 7.70. The van der Waals surface area contributed by atoms with Gasteiger partial charge in [0.05, 0.1) is 12.8 Å². The first kappa shape index (κ1) is 24.3. The maximum Gasteiger partial charge on any atom is 0.251 e. The molecular formula is C29H32N2O4. The van der Waals surface area contributed by atoms with Gasteiger partial charge in [0.15, 0.2) is 0 Å². The van der Waals surface area contributed by atoms with Crippen molar-refractivity contribution in [2.45, 2.75) is 46.1 Å². The number of anilines is 1. The van der Waals surface area contributed by atoms with Crippen molar-refractivity contribution >= 4 is 39.4 Å². The van der Waals surface area contributed by atoms with Gasteiger partial charge in [0.1, 0.15) is 23.0 Å². The first-order chi connectivity index (χ1) is 16.6. The van der Waals surface area contributed by atoms with Gasteiger partial charge in [-0.15, -0.1) is 0 Å². The Morgan fingerprint density at radius 1 is 0.914 bits per heavy atom. The Bertz CT molecular complexity index is 1380. The summed E-state index contributed by atoms with van der Waals surface area (Å²) in [4.78, 5) is 26.2. The Morgan fingerprint density at radius 3 is 2.23 bits per heavy atom. The average molecular weight is 473 g/mol. The molecule has 0 radical (unpaired) electrons. The summed E-state index contributed by atoms with van der Waals surface area (Å²) >= 11 is 0. The smallest absolute Gasteiger partial charge is 0.251 e. The van der Waals surface area contributed by atoms with Gasteiger partial charge in [0.2, 0.25) is 5.91 Å². The molecule has 6 heteroatoms. The lowest BCUT2D eigenvalue weighted by Crippen LogP contribution is -2.47. The zero-order valence-electron chi connectivity index (χ0n) is 21.1. The molecule has 3 aromatic carbocycles. The largest absolute Gasteiger partial charge is 0.495 e. The molecule has 0 bridgehead atoms. The van der Waals surface area contributed by atoms with E-state index in [0.29, 0.717) is 22.6 Å². The summed E-state index contributed by atoms with van der Waals surface area (Å²) in [6, 6.07) is 18.1. The van der Waals surface area contributed by atoms with Crippen LogP contribution in [0.5, 0.6) is 5.75 Å². The lowest BCUT2D eigenvalue weighted by molar-refractivity contribution is -0.118. The van der Waals surface area contributed by atoms with Gasteiger partial charge in [-0.3, -0.25) is 9.59 Å². The Hall–Kier alpha value is -3.80. The summed E-state index contributed by atoms with van der Waals surface area (Å²) in [5.74, 6) is -0.231. The summed E-state index contributed by atoms with van der Waals surface area (Å²) < 4.78 is 11.5. The van der Waals surface area contributed by atoms with Crippen molar-refractivity contribution < 1.29 is 18.7 Å². The van der Waals surface area contributed by atoms with Crippen LogP contribution in [0.4, 0.5) is 5.69 Å². The molecule has 0 spiro atoms. The molecule has 1 heterocycles. The van der Waals surface area contributed by atoms with Crippen LogP contribution in [0.25, 0.3) is 21.9 Å².